The second-order valence-electron chi connectivity index (χ2n) is 6.33. The van der Waals surface area contributed by atoms with Gasteiger partial charge in [0.15, 0.2) is 18.1 Å². The first kappa shape index (κ1) is 18.9. The van der Waals surface area contributed by atoms with Gasteiger partial charge in [0, 0.05) is 6.54 Å². The number of hydrogen-bond acceptors (Lipinski definition) is 4. The summed E-state index contributed by atoms with van der Waals surface area (Å²) in [5.74, 6) is 1.17. The summed E-state index contributed by atoms with van der Waals surface area (Å²) >= 11 is 6.25. The molecular weight excluding hydrogens is 328 g/mol. The van der Waals surface area contributed by atoms with Gasteiger partial charge in [-0.1, -0.05) is 43.7 Å². The Hall–Kier alpha value is -1.46. The number of nitrogens with one attached hydrogen (secondary N) is 1. The number of nitrogens with two attached hydrogens (primary N) is 1. The molecule has 1 fully saturated rings. The number of carbonyl (C=O) groups excluding carboxylic acids is 1. The minimum atomic E-state index is -0.554. The Balaban J connectivity index is 1.85. The molecule has 0 spiro atoms. The zero-order chi connectivity index (χ0) is 17.4. The van der Waals surface area contributed by atoms with Crippen molar-refractivity contribution in [3.05, 3.63) is 22.7 Å². The third kappa shape index (κ3) is 5.87. The molecule has 0 atom stereocenters. The highest BCUT2D eigenvalue weighted by atomic mass is 35.5. The lowest BCUT2D eigenvalue weighted by molar-refractivity contribution is -0.119. The van der Waals surface area contributed by atoms with Gasteiger partial charge in [0.25, 0.3) is 5.91 Å². The molecule has 6 heteroatoms. The Morgan fingerprint density at radius 3 is 2.75 bits per heavy atom. The molecule has 0 heterocycles. The minimum Gasteiger partial charge on any atom is -0.493 e. The maximum atomic E-state index is 10.9. The molecule has 1 amide bonds. The molecule has 1 aromatic rings. The first-order valence-electron chi connectivity index (χ1n) is 8.58. The van der Waals surface area contributed by atoms with E-state index >= 15 is 0 Å². The summed E-state index contributed by atoms with van der Waals surface area (Å²) in [6, 6.07) is 3.70. The Labute approximate surface area is 148 Å². The number of amides is 1. The largest absolute Gasteiger partial charge is 0.493 e. The normalized spacial score (nSPS) is 15.2. The van der Waals surface area contributed by atoms with Gasteiger partial charge in [-0.15, -0.1) is 0 Å². The van der Waals surface area contributed by atoms with Crippen LogP contribution < -0.4 is 20.5 Å². The number of halogens is 1. The zero-order valence-electron chi connectivity index (χ0n) is 14.3. The number of rotatable bonds is 9. The topological polar surface area (TPSA) is 73.6 Å². The Morgan fingerprint density at radius 2 is 2.08 bits per heavy atom. The molecule has 3 N–H and O–H groups in total. The van der Waals surface area contributed by atoms with E-state index in [-0.39, 0.29) is 6.61 Å². The fourth-order valence-electron chi connectivity index (χ4n) is 3.17. The van der Waals surface area contributed by atoms with E-state index in [4.69, 9.17) is 26.8 Å². The van der Waals surface area contributed by atoms with Crippen LogP contribution in [0, 0.1) is 5.92 Å². The van der Waals surface area contributed by atoms with E-state index in [1.165, 1.54) is 38.5 Å². The summed E-state index contributed by atoms with van der Waals surface area (Å²) in [7, 11) is 1.54. The highest BCUT2D eigenvalue weighted by Gasteiger charge is 2.14. The lowest BCUT2D eigenvalue weighted by atomic mass is 9.87. The van der Waals surface area contributed by atoms with Gasteiger partial charge in [-0.25, -0.2) is 0 Å². The van der Waals surface area contributed by atoms with Gasteiger partial charge in [0.1, 0.15) is 0 Å². The van der Waals surface area contributed by atoms with Crippen LogP contribution in [0.15, 0.2) is 12.1 Å². The molecule has 0 saturated heterocycles. The lowest BCUT2D eigenvalue weighted by Crippen LogP contribution is -2.20. The van der Waals surface area contributed by atoms with Crippen LogP contribution in [0.1, 0.15) is 44.1 Å². The van der Waals surface area contributed by atoms with Gasteiger partial charge in [0.05, 0.1) is 12.1 Å². The first-order chi connectivity index (χ1) is 11.6. The van der Waals surface area contributed by atoms with Crippen LogP contribution >= 0.6 is 11.6 Å². The standard InChI is InChI=1S/C18H27ClN2O3/c1-23-16-10-14(9-15(19)18(16)24-12-17(20)22)11-21-8-7-13-5-3-2-4-6-13/h9-10,13,21H,2-8,11-12H2,1H3,(H2,20,22). The highest BCUT2D eigenvalue weighted by molar-refractivity contribution is 6.32. The summed E-state index contributed by atoms with van der Waals surface area (Å²) in [6.45, 7) is 1.50. The molecule has 0 aromatic heterocycles. The molecule has 1 aromatic carbocycles. The van der Waals surface area contributed by atoms with E-state index in [1.807, 2.05) is 12.1 Å². The van der Waals surface area contributed by atoms with E-state index < -0.39 is 5.91 Å². The number of hydrogen-bond donors (Lipinski definition) is 2. The third-order valence-corrected chi connectivity index (χ3v) is 4.71. The fraction of sp³-hybridized carbons (Fsp3) is 0.611. The molecule has 1 saturated carbocycles. The van der Waals surface area contributed by atoms with Gasteiger partial charge in [0.2, 0.25) is 0 Å². The molecular formula is C18H27ClN2O3. The maximum absolute atomic E-state index is 10.9. The molecule has 0 unspecified atom stereocenters. The van der Waals surface area contributed by atoms with Crippen LogP contribution in [-0.4, -0.2) is 26.2 Å². The second-order valence-corrected chi connectivity index (χ2v) is 6.74. The summed E-state index contributed by atoms with van der Waals surface area (Å²) < 4.78 is 10.6. The van der Waals surface area contributed by atoms with Crippen molar-refractivity contribution in [2.45, 2.75) is 45.1 Å². The maximum Gasteiger partial charge on any atom is 0.255 e. The predicted octanol–water partition coefficient (Wildman–Crippen LogP) is 3.27. The SMILES string of the molecule is COc1cc(CNCCC2CCCCC2)cc(Cl)c1OCC(N)=O. The average molecular weight is 355 g/mol. The van der Waals surface area contributed by atoms with E-state index in [9.17, 15) is 4.79 Å². The molecule has 24 heavy (non-hydrogen) atoms. The molecule has 0 bridgehead atoms. The van der Waals surface area contributed by atoms with Crippen LogP contribution in [0.4, 0.5) is 0 Å². The number of ether oxygens (including phenoxy) is 2. The van der Waals surface area contributed by atoms with Crippen molar-refractivity contribution in [1.29, 1.82) is 0 Å². The van der Waals surface area contributed by atoms with Crippen molar-refractivity contribution < 1.29 is 14.3 Å². The van der Waals surface area contributed by atoms with Gasteiger partial charge >= 0.3 is 0 Å². The van der Waals surface area contributed by atoms with Crippen LogP contribution in [0.25, 0.3) is 0 Å². The molecule has 1 aliphatic rings. The minimum absolute atomic E-state index is 0.227. The highest BCUT2D eigenvalue weighted by Crippen LogP contribution is 2.36. The Bertz CT molecular complexity index is 545. The second kappa shape index (κ2) is 9.74. The predicted molar refractivity (Wildman–Crippen MR) is 95.6 cm³/mol. The van der Waals surface area contributed by atoms with Gasteiger partial charge in [-0.05, 0) is 36.6 Å². The van der Waals surface area contributed by atoms with Crippen molar-refractivity contribution in [2.24, 2.45) is 11.7 Å². The van der Waals surface area contributed by atoms with Crippen molar-refractivity contribution in [2.75, 3.05) is 20.3 Å². The molecule has 1 aliphatic carbocycles. The number of methoxy groups -OCH3 is 1. The fourth-order valence-corrected chi connectivity index (χ4v) is 3.46. The van der Waals surface area contributed by atoms with Gasteiger partial charge in [-0.3, -0.25) is 4.79 Å². The van der Waals surface area contributed by atoms with E-state index in [0.717, 1.165) is 24.6 Å². The summed E-state index contributed by atoms with van der Waals surface area (Å²) in [5, 5.41) is 3.88. The number of carbonyl (C=O) groups is 1. The van der Waals surface area contributed by atoms with Gasteiger partial charge < -0.3 is 20.5 Å². The summed E-state index contributed by atoms with van der Waals surface area (Å²) in [5.41, 5.74) is 6.12. The van der Waals surface area contributed by atoms with Crippen LogP contribution in [0.3, 0.4) is 0 Å². The quantitative estimate of drug-likeness (QED) is 0.667. The Kier molecular flexibility index (Phi) is 7.66. The molecule has 0 aliphatic heterocycles. The zero-order valence-corrected chi connectivity index (χ0v) is 15.0. The van der Waals surface area contributed by atoms with Crippen molar-refractivity contribution in [1.82, 2.24) is 5.32 Å². The molecule has 0 radical (unpaired) electrons. The lowest BCUT2D eigenvalue weighted by Gasteiger charge is -2.21. The molecule has 134 valence electrons. The van der Waals surface area contributed by atoms with Crippen LogP contribution in [0.5, 0.6) is 11.5 Å². The summed E-state index contributed by atoms with van der Waals surface area (Å²) in [6.07, 6.45) is 8.12. The summed E-state index contributed by atoms with van der Waals surface area (Å²) in [4.78, 5) is 10.9. The van der Waals surface area contributed by atoms with E-state index in [2.05, 4.69) is 5.32 Å². The molecule has 5 nitrogen and oxygen atoms in total. The number of primary amides is 1. The molecule has 2 rings (SSSR count). The average Bonchev–Trinajstić information content (AvgIpc) is 2.58. The Morgan fingerprint density at radius 1 is 1.33 bits per heavy atom. The number of benzene rings is 1. The van der Waals surface area contributed by atoms with Crippen molar-refractivity contribution in [3.63, 3.8) is 0 Å². The van der Waals surface area contributed by atoms with Crippen LogP contribution in [-0.2, 0) is 11.3 Å². The van der Waals surface area contributed by atoms with Crippen LogP contribution in [0.2, 0.25) is 5.02 Å². The van der Waals surface area contributed by atoms with Crippen molar-refractivity contribution >= 4 is 17.5 Å². The first-order valence-corrected chi connectivity index (χ1v) is 8.96. The monoisotopic (exact) mass is 354 g/mol. The van der Waals surface area contributed by atoms with Gasteiger partial charge in [-0.2, -0.15) is 0 Å². The van der Waals surface area contributed by atoms with Crippen molar-refractivity contribution in [3.8, 4) is 11.5 Å². The van der Waals surface area contributed by atoms with E-state index in [0.29, 0.717) is 16.5 Å². The third-order valence-electron chi connectivity index (χ3n) is 4.43. The van der Waals surface area contributed by atoms with E-state index in [1.54, 1.807) is 7.11 Å². The smallest absolute Gasteiger partial charge is 0.255 e.